The summed E-state index contributed by atoms with van der Waals surface area (Å²) < 4.78 is 0. The van der Waals surface area contributed by atoms with Gasteiger partial charge in [0.05, 0.1) is 0 Å². The fourth-order valence-corrected chi connectivity index (χ4v) is 3.02. The van der Waals surface area contributed by atoms with Gasteiger partial charge in [0, 0.05) is 12.3 Å². The van der Waals surface area contributed by atoms with E-state index in [0.717, 1.165) is 0 Å². The Bertz CT molecular complexity index is 269. The summed E-state index contributed by atoms with van der Waals surface area (Å²) in [7, 11) is 0. The molecular weight excluding hydrogens is 190 g/mol. The number of imide groups is 1. The lowest BCUT2D eigenvalue weighted by molar-refractivity contribution is -0.140. The van der Waals surface area contributed by atoms with Crippen molar-refractivity contribution in [2.24, 2.45) is 17.8 Å². The summed E-state index contributed by atoms with van der Waals surface area (Å²) >= 11 is 0. The Morgan fingerprint density at radius 2 is 1.80 bits per heavy atom. The van der Waals surface area contributed by atoms with Gasteiger partial charge in [-0.15, -0.1) is 0 Å². The second kappa shape index (κ2) is 4.33. The SMILES string of the molecule is CC1C(=O)NC(=O)CC1C1CCCCC1. The summed E-state index contributed by atoms with van der Waals surface area (Å²) in [4.78, 5) is 22.9. The molecule has 2 aliphatic rings. The Kier molecular flexibility index (Phi) is 3.08. The van der Waals surface area contributed by atoms with Crippen molar-refractivity contribution in [3.05, 3.63) is 0 Å². The molecule has 1 saturated heterocycles. The monoisotopic (exact) mass is 209 g/mol. The minimum Gasteiger partial charge on any atom is -0.296 e. The molecule has 1 N–H and O–H groups in total. The van der Waals surface area contributed by atoms with Gasteiger partial charge in [-0.2, -0.15) is 0 Å². The lowest BCUT2D eigenvalue weighted by atomic mass is 9.71. The van der Waals surface area contributed by atoms with Crippen LogP contribution >= 0.6 is 0 Å². The maximum absolute atomic E-state index is 11.5. The van der Waals surface area contributed by atoms with E-state index >= 15 is 0 Å². The van der Waals surface area contributed by atoms with E-state index in [1.807, 2.05) is 6.92 Å². The van der Waals surface area contributed by atoms with Crippen molar-refractivity contribution in [2.45, 2.75) is 45.4 Å². The van der Waals surface area contributed by atoms with Crippen LogP contribution in [0.25, 0.3) is 0 Å². The first-order chi connectivity index (χ1) is 7.18. The van der Waals surface area contributed by atoms with Gasteiger partial charge in [0.2, 0.25) is 11.8 Å². The molecule has 0 aromatic rings. The van der Waals surface area contributed by atoms with Gasteiger partial charge in [-0.05, 0) is 11.8 Å². The van der Waals surface area contributed by atoms with Crippen molar-refractivity contribution in [1.82, 2.24) is 5.32 Å². The summed E-state index contributed by atoms with van der Waals surface area (Å²) in [5.41, 5.74) is 0. The second-order valence-corrected chi connectivity index (χ2v) is 4.97. The van der Waals surface area contributed by atoms with E-state index in [1.54, 1.807) is 0 Å². The molecule has 2 fully saturated rings. The van der Waals surface area contributed by atoms with E-state index < -0.39 is 0 Å². The van der Waals surface area contributed by atoms with Crippen LogP contribution in [0.3, 0.4) is 0 Å². The summed E-state index contributed by atoms with van der Waals surface area (Å²) in [5.74, 6) is 0.775. The second-order valence-electron chi connectivity index (χ2n) is 4.97. The van der Waals surface area contributed by atoms with E-state index in [9.17, 15) is 9.59 Å². The third-order valence-corrected chi connectivity index (χ3v) is 3.99. The molecular formula is C12H19NO2. The minimum atomic E-state index is -0.0753. The standard InChI is InChI=1S/C12H19NO2/c1-8-10(7-11(14)13-12(8)15)9-5-3-2-4-6-9/h8-10H,2-7H2,1H3,(H,13,14,15). The van der Waals surface area contributed by atoms with Crippen LogP contribution in [0.2, 0.25) is 0 Å². The Hall–Kier alpha value is -0.860. The molecule has 84 valence electrons. The van der Waals surface area contributed by atoms with Gasteiger partial charge < -0.3 is 0 Å². The molecule has 1 aliphatic carbocycles. The van der Waals surface area contributed by atoms with Crippen LogP contribution in [0.5, 0.6) is 0 Å². The lowest BCUT2D eigenvalue weighted by Gasteiger charge is -2.35. The highest BCUT2D eigenvalue weighted by molar-refractivity contribution is 5.98. The highest BCUT2D eigenvalue weighted by Crippen LogP contribution is 2.37. The zero-order chi connectivity index (χ0) is 10.8. The molecule has 1 saturated carbocycles. The topological polar surface area (TPSA) is 46.2 Å². The average Bonchev–Trinajstić information content (AvgIpc) is 2.24. The number of hydrogen-bond acceptors (Lipinski definition) is 2. The molecule has 1 aliphatic heterocycles. The van der Waals surface area contributed by atoms with Gasteiger partial charge in [0.15, 0.2) is 0 Å². The molecule has 0 spiro atoms. The minimum absolute atomic E-state index is 0.0193. The number of piperidine rings is 1. The smallest absolute Gasteiger partial charge is 0.229 e. The van der Waals surface area contributed by atoms with Gasteiger partial charge in [-0.25, -0.2) is 0 Å². The number of rotatable bonds is 1. The maximum Gasteiger partial charge on any atom is 0.229 e. The van der Waals surface area contributed by atoms with Crippen molar-refractivity contribution in [3.63, 3.8) is 0 Å². The molecule has 1 heterocycles. The molecule has 0 aromatic heterocycles. The fourth-order valence-electron chi connectivity index (χ4n) is 3.02. The lowest BCUT2D eigenvalue weighted by Crippen LogP contribution is -2.47. The van der Waals surface area contributed by atoms with Crippen LogP contribution in [0, 0.1) is 17.8 Å². The molecule has 2 amide bonds. The quantitative estimate of drug-likeness (QED) is 0.670. The molecule has 2 rings (SSSR count). The molecule has 15 heavy (non-hydrogen) atoms. The highest BCUT2D eigenvalue weighted by atomic mass is 16.2. The largest absolute Gasteiger partial charge is 0.296 e. The van der Waals surface area contributed by atoms with Crippen molar-refractivity contribution >= 4 is 11.8 Å². The van der Waals surface area contributed by atoms with Crippen LogP contribution in [-0.2, 0) is 9.59 Å². The Morgan fingerprint density at radius 1 is 1.13 bits per heavy atom. The van der Waals surface area contributed by atoms with E-state index in [4.69, 9.17) is 0 Å². The average molecular weight is 209 g/mol. The first-order valence-corrected chi connectivity index (χ1v) is 6.02. The highest BCUT2D eigenvalue weighted by Gasteiger charge is 2.37. The van der Waals surface area contributed by atoms with Gasteiger partial charge in [-0.3, -0.25) is 14.9 Å². The van der Waals surface area contributed by atoms with Gasteiger partial charge in [-0.1, -0.05) is 39.0 Å². The van der Waals surface area contributed by atoms with Crippen LogP contribution in [0.1, 0.15) is 45.4 Å². The molecule has 0 aromatic carbocycles. The summed E-state index contributed by atoms with van der Waals surface area (Å²) in [6, 6.07) is 0. The molecule has 2 unspecified atom stereocenters. The molecule has 3 heteroatoms. The molecule has 0 radical (unpaired) electrons. The number of amides is 2. The van der Waals surface area contributed by atoms with E-state index in [2.05, 4.69) is 5.32 Å². The number of carbonyl (C=O) groups is 2. The number of hydrogen-bond donors (Lipinski definition) is 1. The molecule has 3 nitrogen and oxygen atoms in total. The Morgan fingerprint density at radius 3 is 2.47 bits per heavy atom. The van der Waals surface area contributed by atoms with Crippen molar-refractivity contribution in [2.75, 3.05) is 0 Å². The third kappa shape index (κ3) is 2.21. The van der Waals surface area contributed by atoms with Crippen LogP contribution < -0.4 is 5.32 Å². The summed E-state index contributed by atoms with van der Waals surface area (Å²) in [6.45, 7) is 1.96. The predicted octanol–water partition coefficient (Wildman–Crippen LogP) is 1.87. The first-order valence-electron chi connectivity index (χ1n) is 6.02. The Labute approximate surface area is 90.6 Å². The maximum atomic E-state index is 11.5. The zero-order valence-electron chi connectivity index (χ0n) is 9.29. The van der Waals surface area contributed by atoms with Crippen LogP contribution in [-0.4, -0.2) is 11.8 Å². The number of carbonyl (C=O) groups excluding carboxylic acids is 2. The van der Waals surface area contributed by atoms with Crippen molar-refractivity contribution in [3.8, 4) is 0 Å². The third-order valence-electron chi connectivity index (χ3n) is 3.99. The van der Waals surface area contributed by atoms with Crippen molar-refractivity contribution < 1.29 is 9.59 Å². The Balaban J connectivity index is 2.05. The van der Waals surface area contributed by atoms with E-state index in [0.29, 0.717) is 18.3 Å². The fraction of sp³-hybridized carbons (Fsp3) is 0.833. The van der Waals surface area contributed by atoms with E-state index in [1.165, 1.54) is 32.1 Å². The summed E-state index contributed by atoms with van der Waals surface area (Å²) in [5, 5.41) is 2.42. The first kappa shape index (κ1) is 10.7. The van der Waals surface area contributed by atoms with Gasteiger partial charge >= 0.3 is 0 Å². The summed E-state index contributed by atoms with van der Waals surface area (Å²) in [6.07, 6.45) is 6.81. The van der Waals surface area contributed by atoms with Gasteiger partial charge in [0.1, 0.15) is 0 Å². The number of nitrogens with one attached hydrogen (secondary N) is 1. The van der Waals surface area contributed by atoms with E-state index in [-0.39, 0.29) is 17.7 Å². The van der Waals surface area contributed by atoms with Crippen molar-refractivity contribution in [1.29, 1.82) is 0 Å². The normalized spacial score (nSPS) is 33.9. The van der Waals surface area contributed by atoms with Crippen LogP contribution in [0.4, 0.5) is 0 Å². The van der Waals surface area contributed by atoms with Gasteiger partial charge in [0.25, 0.3) is 0 Å². The van der Waals surface area contributed by atoms with Crippen LogP contribution in [0.15, 0.2) is 0 Å². The molecule has 2 atom stereocenters. The molecule has 0 bridgehead atoms. The predicted molar refractivity (Wildman–Crippen MR) is 57.0 cm³/mol. The zero-order valence-corrected chi connectivity index (χ0v) is 9.29.